The molecule has 0 spiro atoms. The minimum absolute atomic E-state index is 0.775. The fourth-order valence-corrected chi connectivity index (χ4v) is 3.18. The number of hydrogen-bond donors (Lipinski definition) is 0. The van der Waals surface area contributed by atoms with Crippen LogP contribution in [-0.2, 0) is 0 Å². The smallest absolute Gasteiger partial charge is 0.0605 e. The molecule has 0 amide bonds. The van der Waals surface area contributed by atoms with Gasteiger partial charge in [0.2, 0.25) is 0 Å². The van der Waals surface area contributed by atoms with Gasteiger partial charge in [-0.15, -0.1) is 0 Å². The zero-order valence-electron chi connectivity index (χ0n) is 10.6. The van der Waals surface area contributed by atoms with Crippen molar-refractivity contribution in [3.05, 3.63) is 24.0 Å². The summed E-state index contributed by atoms with van der Waals surface area (Å²) < 4.78 is 0. The number of anilines is 1. The molecule has 1 atom stereocenters. The molecule has 2 fully saturated rings. The first-order valence-corrected chi connectivity index (χ1v) is 6.75. The Morgan fingerprint density at radius 2 is 2.18 bits per heavy atom. The van der Waals surface area contributed by atoms with Crippen LogP contribution < -0.4 is 4.90 Å². The van der Waals surface area contributed by atoms with Gasteiger partial charge < -0.3 is 4.90 Å². The van der Waals surface area contributed by atoms with E-state index in [4.69, 9.17) is 0 Å². The number of pyridine rings is 1. The maximum Gasteiger partial charge on any atom is 0.0605 e. The van der Waals surface area contributed by atoms with Crippen LogP contribution in [-0.4, -0.2) is 42.1 Å². The highest BCUT2D eigenvalue weighted by Gasteiger charge is 2.29. The summed E-state index contributed by atoms with van der Waals surface area (Å²) in [5.41, 5.74) is 2.49. The summed E-state index contributed by atoms with van der Waals surface area (Å²) in [6.07, 6.45) is 6.05. The molecule has 1 unspecified atom stereocenters. The van der Waals surface area contributed by atoms with Crippen LogP contribution in [0.2, 0.25) is 0 Å². The number of piperazine rings is 1. The molecule has 92 valence electrons. The summed E-state index contributed by atoms with van der Waals surface area (Å²) in [4.78, 5) is 9.60. The van der Waals surface area contributed by atoms with E-state index < -0.39 is 0 Å². The summed E-state index contributed by atoms with van der Waals surface area (Å²) in [5, 5.41) is 0. The molecular formula is C14H21N3. The van der Waals surface area contributed by atoms with Crippen molar-refractivity contribution < 1.29 is 0 Å². The molecule has 3 rings (SSSR count). The average molecular weight is 231 g/mol. The molecule has 0 saturated carbocycles. The lowest BCUT2D eigenvalue weighted by Gasteiger charge is -2.45. The van der Waals surface area contributed by atoms with Crippen molar-refractivity contribution in [2.75, 3.05) is 31.1 Å². The monoisotopic (exact) mass is 231 g/mol. The minimum atomic E-state index is 0.775. The number of aryl methyl sites for hydroxylation is 1. The minimum Gasteiger partial charge on any atom is -0.367 e. The molecule has 0 bridgehead atoms. The molecule has 3 heteroatoms. The van der Waals surface area contributed by atoms with E-state index in [9.17, 15) is 0 Å². The van der Waals surface area contributed by atoms with Crippen LogP contribution in [0.3, 0.4) is 0 Å². The highest BCUT2D eigenvalue weighted by atomic mass is 15.3. The number of fused-ring (bicyclic) bond motifs is 1. The normalized spacial score (nSPS) is 25.7. The topological polar surface area (TPSA) is 19.4 Å². The average Bonchev–Trinajstić information content (AvgIpc) is 2.39. The van der Waals surface area contributed by atoms with Crippen LogP contribution in [0.5, 0.6) is 0 Å². The van der Waals surface area contributed by atoms with Gasteiger partial charge in [0, 0.05) is 31.9 Å². The molecule has 2 aliphatic rings. The van der Waals surface area contributed by atoms with E-state index in [-0.39, 0.29) is 0 Å². The van der Waals surface area contributed by atoms with E-state index in [0.717, 1.165) is 18.3 Å². The zero-order chi connectivity index (χ0) is 11.7. The van der Waals surface area contributed by atoms with Gasteiger partial charge in [0.1, 0.15) is 0 Å². The largest absolute Gasteiger partial charge is 0.367 e. The van der Waals surface area contributed by atoms with Gasteiger partial charge in [-0.05, 0) is 38.4 Å². The van der Waals surface area contributed by atoms with Gasteiger partial charge in [0.15, 0.2) is 0 Å². The molecule has 0 N–H and O–H groups in total. The van der Waals surface area contributed by atoms with E-state index in [1.807, 2.05) is 6.20 Å². The molecular weight excluding hydrogens is 210 g/mol. The zero-order valence-corrected chi connectivity index (χ0v) is 10.6. The van der Waals surface area contributed by atoms with E-state index in [1.165, 1.54) is 44.6 Å². The summed E-state index contributed by atoms with van der Waals surface area (Å²) in [7, 11) is 0. The summed E-state index contributed by atoms with van der Waals surface area (Å²) in [6, 6.07) is 5.04. The Morgan fingerprint density at radius 3 is 3.06 bits per heavy atom. The van der Waals surface area contributed by atoms with Crippen LogP contribution in [0.1, 0.15) is 25.0 Å². The number of rotatable bonds is 1. The molecule has 2 aliphatic heterocycles. The quantitative estimate of drug-likeness (QED) is 0.737. The maximum absolute atomic E-state index is 4.40. The van der Waals surface area contributed by atoms with Gasteiger partial charge in [0.05, 0.1) is 11.4 Å². The fraction of sp³-hybridized carbons (Fsp3) is 0.643. The molecule has 1 aromatic heterocycles. The highest BCUT2D eigenvalue weighted by Crippen LogP contribution is 2.25. The van der Waals surface area contributed by atoms with E-state index in [1.54, 1.807) is 0 Å². The van der Waals surface area contributed by atoms with Crippen LogP contribution in [0.25, 0.3) is 0 Å². The number of nitrogens with zero attached hydrogens (tertiary/aromatic N) is 3. The Hall–Kier alpha value is -1.09. The number of piperidine rings is 1. The highest BCUT2D eigenvalue weighted by molar-refractivity contribution is 5.50. The van der Waals surface area contributed by atoms with Crippen LogP contribution in [0.4, 0.5) is 5.69 Å². The van der Waals surface area contributed by atoms with Crippen molar-refractivity contribution in [1.82, 2.24) is 9.88 Å². The van der Waals surface area contributed by atoms with Crippen molar-refractivity contribution in [1.29, 1.82) is 0 Å². The van der Waals surface area contributed by atoms with Gasteiger partial charge in [-0.1, -0.05) is 6.42 Å². The van der Waals surface area contributed by atoms with Gasteiger partial charge in [-0.3, -0.25) is 9.88 Å². The second-order valence-corrected chi connectivity index (χ2v) is 5.24. The molecule has 3 nitrogen and oxygen atoms in total. The Balaban J connectivity index is 1.76. The van der Waals surface area contributed by atoms with Gasteiger partial charge in [0.25, 0.3) is 0 Å². The molecule has 0 radical (unpaired) electrons. The number of hydrogen-bond acceptors (Lipinski definition) is 3. The molecule has 1 aromatic rings. The van der Waals surface area contributed by atoms with Crippen molar-refractivity contribution >= 4 is 5.69 Å². The van der Waals surface area contributed by atoms with E-state index in [2.05, 4.69) is 33.8 Å². The third-order valence-corrected chi connectivity index (χ3v) is 4.16. The third-order valence-electron chi connectivity index (χ3n) is 4.16. The molecule has 0 aromatic carbocycles. The molecule has 17 heavy (non-hydrogen) atoms. The Morgan fingerprint density at radius 1 is 1.24 bits per heavy atom. The summed E-state index contributed by atoms with van der Waals surface area (Å²) in [6.45, 7) is 6.99. The predicted octanol–water partition coefficient (Wildman–Crippen LogP) is 2.06. The van der Waals surface area contributed by atoms with Crippen LogP contribution >= 0.6 is 0 Å². The second-order valence-electron chi connectivity index (χ2n) is 5.24. The van der Waals surface area contributed by atoms with Crippen LogP contribution in [0.15, 0.2) is 18.3 Å². The lowest BCUT2D eigenvalue weighted by atomic mass is 9.99. The number of aromatic nitrogens is 1. The first kappa shape index (κ1) is 11.0. The predicted molar refractivity (Wildman–Crippen MR) is 70.4 cm³/mol. The fourth-order valence-electron chi connectivity index (χ4n) is 3.18. The Bertz CT molecular complexity index is 391. The Kier molecular flexibility index (Phi) is 3.02. The van der Waals surface area contributed by atoms with Crippen molar-refractivity contribution in [2.24, 2.45) is 0 Å². The standard InChI is InChI=1S/C14H21N3/c1-12-14(6-4-7-15-12)17-10-9-16-8-3-2-5-13(16)11-17/h4,6-7,13H,2-3,5,8-11H2,1H3. The van der Waals surface area contributed by atoms with Crippen molar-refractivity contribution in [3.8, 4) is 0 Å². The first-order valence-electron chi connectivity index (χ1n) is 6.75. The lowest BCUT2D eigenvalue weighted by Crippen LogP contribution is -2.55. The summed E-state index contributed by atoms with van der Waals surface area (Å²) in [5.74, 6) is 0. The molecule has 3 heterocycles. The first-order chi connectivity index (χ1) is 8.34. The lowest BCUT2D eigenvalue weighted by molar-refractivity contribution is 0.133. The van der Waals surface area contributed by atoms with E-state index in [0.29, 0.717) is 0 Å². The Labute approximate surface area is 103 Å². The van der Waals surface area contributed by atoms with Gasteiger partial charge >= 0.3 is 0 Å². The van der Waals surface area contributed by atoms with Crippen LogP contribution in [0, 0.1) is 6.92 Å². The third kappa shape index (κ3) is 2.16. The summed E-state index contributed by atoms with van der Waals surface area (Å²) >= 11 is 0. The molecule has 2 saturated heterocycles. The van der Waals surface area contributed by atoms with Gasteiger partial charge in [-0.25, -0.2) is 0 Å². The molecule has 0 aliphatic carbocycles. The maximum atomic E-state index is 4.40. The van der Waals surface area contributed by atoms with Gasteiger partial charge in [-0.2, -0.15) is 0 Å². The van der Waals surface area contributed by atoms with Crippen molar-refractivity contribution in [3.63, 3.8) is 0 Å². The second kappa shape index (κ2) is 4.65. The SMILES string of the molecule is Cc1ncccc1N1CCN2CCCCC2C1. The van der Waals surface area contributed by atoms with Crippen molar-refractivity contribution in [2.45, 2.75) is 32.2 Å². The van der Waals surface area contributed by atoms with E-state index >= 15 is 0 Å².